The fourth-order valence-electron chi connectivity index (χ4n) is 5.41. The second-order valence-electron chi connectivity index (χ2n) is 9.31. The monoisotopic (exact) mass is 379 g/mol. The molecule has 0 saturated heterocycles. The summed E-state index contributed by atoms with van der Waals surface area (Å²) >= 11 is 0. The van der Waals surface area contributed by atoms with Gasteiger partial charge in [0.2, 0.25) is 0 Å². The third kappa shape index (κ3) is 3.40. The van der Waals surface area contributed by atoms with Gasteiger partial charge in [0.1, 0.15) is 5.76 Å². The molecule has 28 heavy (non-hydrogen) atoms. The van der Waals surface area contributed by atoms with Crippen LogP contribution in [0.1, 0.15) is 88.1 Å². The van der Waals surface area contributed by atoms with Gasteiger partial charge in [0, 0.05) is 17.8 Å². The summed E-state index contributed by atoms with van der Waals surface area (Å²) in [6.45, 7) is 14.0. The number of nitrogens with zero attached hydrogens (tertiary/aromatic N) is 1. The van der Waals surface area contributed by atoms with Crippen LogP contribution in [0.2, 0.25) is 0 Å². The van der Waals surface area contributed by atoms with Crippen molar-refractivity contribution in [1.82, 2.24) is 4.90 Å². The first kappa shape index (κ1) is 19.6. The second kappa shape index (κ2) is 7.61. The molecule has 152 valence electrons. The van der Waals surface area contributed by atoms with Gasteiger partial charge in [-0.2, -0.15) is 0 Å². The molecule has 1 saturated carbocycles. The maximum atomic E-state index is 5.76. The normalized spacial score (nSPS) is 24.9. The van der Waals surface area contributed by atoms with Crippen LogP contribution in [0.25, 0.3) is 0 Å². The van der Waals surface area contributed by atoms with Gasteiger partial charge in [-0.15, -0.1) is 0 Å². The smallest absolute Gasteiger partial charge is 0.116 e. The summed E-state index contributed by atoms with van der Waals surface area (Å²) in [5, 5.41) is 0. The molecular formula is C26H37NO. The van der Waals surface area contributed by atoms with E-state index in [0.29, 0.717) is 24.1 Å². The molecule has 1 aliphatic carbocycles. The van der Waals surface area contributed by atoms with Crippen LogP contribution in [0, 0.1) is 5.41 Å². The zero-order valence-corrected chi connectivity index (χ0v) is 18.3. The Kier molecular flexibility index (Phi) is 5.33. The summed E-state index contributed by atoms with van der Waals surface area (Å²) in [6.07, 6.45) is 12.1. The van der Waals surface area contributed by atoms with Crippen molar-refractivity contribution in [3.63, 3.8) is 0 Å². The molecule has 0 radical (unpaired) electrons. The van der Waals surface area contributed by atoms with E-state index in [-0.39, 0.29) is 0 Å². The van der Waals surface area contributed by atoms with Crippen LogP contribution in [0.3, 0.4) is 0 Å². The summed E-state index contributed by atoms with van der Waals surface area (Å²) < 4.78 is 5.76. The molecule has 2 aliphatic heterocycles. The molecule has 0 bridgehead atoms. The number of aryl methyl sites for hydroxylation is 2. The van der Waals surface area contributed by atoms with Gasteiger partial charge in [0.15, 0.2) is 0 Å². The fourth-order valence-corrected chi connectivity index (χ4v) is 5.41. The minimum absolute atomic E-state index is 0.468. The van der Waals surface area contributed by atoms with Crippen molar-refractivity contribution in [2.75, 3.05) is 6.61 Å². The van der Waals surface area contributed by atoms with Gasteiger partial charge in [-0.1, -0.05) is 45.9 Å². The van der Waals surface area contributed by atoms with E-state index in [2.05, 4.69) is 50.6 Å². The molecule has 1 aromatic rings. The highest BCUT2D eigenvalue weighted by molar-refractivity contribution is 5.44. The van der Waals surface area contributed by atoms with Gasteiger partial charge >= 0.3 is 0 Å². The summed E-state index contributed by atoms with van der Waals surface area (Å²) in [4.78, 5) is 2.71. The fraction of sp³-hybridized carbons (Fsp3) is 0.615. The van der Waals surface area contributed by atoms with Crippen molar-refractivity contribution in [3.8, 4) is 0 Å². The van der Waals surface area contributed by atoms with Crippen LogP contribution >= 0.6 is 0 Å². The van der Waals surface area contributed by atoms with Crippen LogP contribution < -0.4 is 0 Å². The highest BCUT2D eigenvalue weighted by Crippen LogP contribution is 2.56. The first-order valence-corrected chi connectivity index (χ1v) is 11.5. The molecule has 1 fully saturated rings. The molecular weight excluding hydrogens is 342 g/mol. The lowest BCUT2D eigenvalue weighted by molar-refractivity contribution is 0.109. The molecule has 0 aromatic heterocycles. The number of benzene rings is 1. The van der Waals surface area contributed by atoms with E-state index in [1.54, 1.807) is 22.3 Å². The molecule has 0 N–H and O–H groups in total. The predicted octanol–water partition coefficient (Wildman–Crippen LogP) is 6.50. The van der Waals surface area contributed by atoms with E-state index in [1.165, 1.54) is 44.1 Å². The summed E-state index contributed by atoms with van der Waals surface area (Å²) in [6, 6.07) is 6.26. The Bertz CT molecular complexity index is 786. The largest absolute Gasteiger partial charge is 0.494 e. The van der Waals surface area contributed by atoms with Crippen molar-refractivity contribution in [2.45, 2.75) is 91.1 Å². The third-order valence-electron chi connectivity index (χ3n) is 7.37. The van der Waals surface area contributed by atoms with Gasteiger partial charge in [-0.25, -0.2) is 0 Å². The zero-order chi connectivity index (χ0) is 19.9. The Balaban J connectivity index is 1.75. The number of allylic oxidation sites excluding steroid dienone is 1. The van der Waals surface area contributed by atoms with Crippen LogP contribution in [0.5, 0.6) is 0 Å². The molecule has 1 aromatic carbocycles. The summed E-state index contributed by atoms with van der Waals surface area (Å²) in [5.41, 5.74) is 8.14. The molecule has 0 spiro atoms. The van der Waals surface area contributed by atoms with E-state index in [0.717, 1.165) is 18.6 Å². The van der Waals surface area contributed by atoms with Crippen molar-refractivity contribution in [2.24, 2.45) is 5.41 Å². The Labute approximate surface area is 171 Å². The lowest BCUT2D eigenvalue weighted by Crippen LogP contribution is -2.46. The molecule has 3 aliphatic rings. The first-order valence-electron chi connectivity index (χ1n) is 11.5. The molecule has 0 amide bonds. The number of rotatable bonds is 7. The van der Waals surface area contributed by atoms with E-state index < -0.39 is 0 Å². The molecule has 2 unspecified atom stereocenters. The molecule has 2 nitrogen and oxygen atoms in total. The van der Waals surface area contributed by atoms with Gasteiger partial charge in [0.25, 0.3) is 0 Å². The first-order chi connectivity index (χ1) is 13.5. The standard InChI is InChI=1S/C26H37NO/c1-6-9-20-14-22-16-25(26(5)12-13-26)27-17-21(18(4)28-8-3)10-11-24(27)23(22)15-19(20)7-2/h14-15,17,24-25H,4,6-13,16H2,1-3,5H3. The Hall–Kier alpha value is -1.70. The van der Waals surface area contributed by atoms with E-state index >= 15 is 0 Å². The highest BCUT2D eigenvalue weighted by Gasteiger charge is 2.51. The van der Waals surface area contributed by atoms with Crippen molar-refractivity contribution in [1.29, 1.82) is 0 Å². The minimum atomic E-state index is 0.468. The quantitative estimate of drug-likeness (QED) is 0.502. The maximum Gasteiger partial charge on any atom is 0.116 e. The van der Waals surface area contributed by atoms with Crippen molar-refractivity contribution < 1.29 is 4.74 Å². The average Bonchev–Trinajstić information content (AvgIpc) is 3.45. The van der Waals surface area contributed by atoms with Crippen LogP contribution in [-0.4, -0.2) is 17.5 Å². The van der Waals surface area contributed by atoms with Crippen molar-refractivity contribution >= 4 is 0 Å². The van der Waals surface area contributed by atoms with E-state index in [4.69, 9.17) is 4.74 Å². The van der Waals surface area contributed by atoms with Crippen LogP contribution in [0.15, 0.2) is 36.2 Å². The minimum Gasteiger partial charge on any atom is -0.494 e. The maximum absolute atomic E-state index is 5.76. The second-order valence-corrected chi connectivity index (χ2v) is 9.31. The summed E-state index contributed by atoms with van der Waals surface area (Å²) in [7, 11) is 0. The molecule has 4 rings (SSSR count). The topological polar surface area (TPSA) is 12.5 Å². The number of ether oxygens (including phenoxy) is 1. The lowest BCUT2D eigenvalue weighted by Gasteiger charge is -2.48. The Morgan fingerprint density at radius 1 is 1.21 bits per heavy atom. The number of hydrogen-bond acceptors (Lipinski definition) is 2. The number of hydrogen-bond donors (Lipinski definition) is 0. The van der Waals surface area contributed by atoms with Gasteiger partial charge in [0.05, 0.1) is 12.6 Å². The SMILES string of the molecule is C=C(OCC)C1=CN2C(CC1)c1cc(CC)c(CCC)cc1CC2C1(C)CC1. The van der Waals surface area contributed by atoms with Crippen LogP contribution in [0.4, 0.5) is 0 Å². The van der Waals surface area contributed by atoms with E-state index in [9.17, 15) is 0 Å². The zero-order valence-electron chi connectivity index (χ0n) is 18.3. The predicted molar refractivity (Wildman–Crippen MR) is 117 cm³/mol. The Morgan fingerprint density at radius 3 is 2.64 bits per heavy atom. The Morgan fingerprint density at radius 2 is 2.00 bits per heavy atom. The van der Waals surface area contributed by atoms with Gasteiger partial charge in [-0.05, 0) is 79.5 Å². The van der Waals surface area contributed by atoms with Crippen molar-refractivity contribution in [3.05, 3.63) is 58.5 Å². The molecule has 2 atom stereocenters. The van der Waals surface area contributed by atoms with E-state index in [1.807, 2.05) is 6.92 Å². The highest BCUT2D eigenvalue weighted by atomic mass is 16.5. The lowest BCUT2D eigenvalue weighted by atomic mass is 9.77. The van der Waals surface area contributed by atoms with Gasteiger partial charge < -0.3 is 9.64 Å². The average molecular weight is 380 g/mol. The number of fused-ring (bicyclic) bond motifs is 3. The molecule has 2 heterocycles. The molecule has 2 heteroatoms. The van der Waals surface area contributed by atoms with Gasteiger partial charge in [-0.3, -0.25) is 0 Å². The van der Waals surface area contributed by atoms with Crippen LogP contribution in [-0.2, 0) is 24.0 Å². The third-order valence-corrected chi connectivity index (χ3v) is 7.37. The summed E-state index contributed by atoms with van der Waals surface area (Å²) in [5.74, 6) is 0.874.